The molecule has 3 nitrogen and oxygen atoms in total. The molecule has 16 heavy (non-hydrogen) atoms. The summed E-state index contributed by atoms with van der Waals surface area (Å²) in [7, 11) is 1.99. The standard InChI is InChI=1S/C12H17NO2S/c1-3-15-12(14)11-10-5-4-9(13-2)6-8(10)7-16-11/h7,9,13H,3-6H2,1-2H3. The molecule has 1 heterocycles. The molecular weight excluding hydrogens is 222 g/mol. The predicted molar refractivity (Wildman–Crippen MR) is 65.1 cm³/mol. The average molecular weight is 239 g/mol. The van der Waals surface area contributed by atoms with E-state index in [4.69, 9.17) is 4.74 Å². The predicted octanol–water partition coefficient (Wildman–Crippen LogP) is 2.00. The largest absolute Gasteiger partial charge is 0.462 e. The third-order valence-corrected chi connectivity index (χ3v) is 4.11. The van der Waals surface area contributed by atoms with Gasteiger partial charge < -0.3 is 10.1 Å². The Labute approximate surface area is 99.8 Å². The van der Waals surface area contributed by atoms with Gasteiger partial charge in [-0.25, -0.2) is 4.79 Å². The van der Waals surface area contributed by atoms with Gasteiger partial charge in [0.15, 0.2) is 0 Å². The van der Waals surface area contributed by atoms with Crippen LogP contribution in [-0.2, 0) is 17.6 Å². The van der Waals surface area contributed by atoms with Crippen LogP contribution in [0.5, 0.6) is 0 Å². The fourth-order valence-electron chi connectivity index (χ4n) is 2.16. The Morgan fingerprint density at radius 2 is 2.50 bits per heavy atom. The summed E-state index contributed by atoms with van der Waals surface area (Å²) in [4.78, 5) is 12.5. The van der Waals surface area contributed by atoms with Crippen molar-refractivity contribution in [1.29, 1.82) is 0 Å². The van der Waals surface area contributed by atoms with Gasteiger partial charge in [0.25, 0.3) is 0 Å². The van der Waals surface area contributed by atoms with Crippen molar-refractivity contribution in [2.24, 2.45) is 0 Å². The number of hydrogen-bond acceptors (Lipinski definition) is 4. The molecule has 1 unspecified atom stereocenters. The summed E-state index contributed by atoms with van der Waals surface area (Å²) in [6, 6.07) is 0.553. The highest BCUT2D eigenvalue weighted by Gasteiger charge is 2.24. The Bertz CT molecular complexity index is 386. The van der Waals surface area contributed by atoms with Crippen molar-refractivity contribution in [3.05, 3.63) is 21.4 Å². The molecule has 0 aliphatic heterocycles. The maximum Gasteiger partial charge on any atom is 0.348 e. The summed E-state index contributed by atoms with van der Waals surface area (Å²) >= 11 is 1.52. The smallest absolute Gasteiger partial charge is 0.348 e. The molecule has 1 atom stereocenters. The van der Waals surface area contributed by atoms with E-state index in [1.54, 1.807) is 0 Å². The molecule has 0 saturated heterocycles. The van der Waals surface area contributed by atoms with Crippen LogP contribution in [0, 0.1) is 0 Å². The Kier molecular flexibility index (Phi) is 3.61. The number of hydrogen-bond donors (Lipinski definition) is 1. The molecule has 1 aromatic heterocycles. The van der Waals surface area contributed by atoms with Gasteiger partial charge in [-0.15, -0.1) is 11.3 Å². The van der Waals surface area contributed by atoms with E-state index < -0.39 is 0 Å². The Balaban J connectivity index is 2.19. The number of fused-ring (bicyclic) bond motifs is 1. The highest BCUT2D eigenvalue weighted by Crippen LogP contribution is 2.30. The molecule has 1 N–H and O–H groups in total. The topological polar surface area (TPSA) is 38.3 Å². The van der Waals surface area contributed by atoms with Crippen LogP contribution in [-0.4, -0.2) is 25.7 Å². The molecule has 0 aromatic carbocycles. The quantitative estimate of drug-likeness (QED) is 0.820. The Morgan fingerprint density at radius 3 is 3.19 bits per heavy atom. The molecule has 0 radical (unpaired) electrons. The summed E-state index contributed by atoms with van der Waals surface area (Å²) in [5, 5.41) is 5.40. The second-order valence-corrected chi connectivity index (χ2v) is 4.90. The van der Waals surface area contributed by atoms with Gasteiger partial charge in [-0.1, -0.05) is 0 Å². The minimum atomic E-state index is -0.156. The first-order valence-electron chi connectivity index (χ1n) is 5.69. The molecule has 0 amide bonds. The third kappa shape index (κ3) is 2.13. The number of ether oxygens (including phenoxy) is 1. The normalized spacial score (nSPS) is 19.2. The zero-order valence-electron chi connectivity index (χ0n) is 9.71. The number of rotatable bonds is 3. The number of nitrogens with one attached hydrogen (secondary N) is 1. The SMILES string of the molecule is CCOC(=O)c1scc2c1CCC(NC)C2. The van der Waals surface area contributed by atoms with Gasteiger partial charge in [-0.2, -0.15) is 0 Å². The van der Waals surface area contributed by atoms with Crippen LogP contribution in [0.25, 0.3) is 0 Å². The van der Waals surface area contributed by atoms with Gasteiger partial charge in [-0.05, 0) is 49.7 Å². The van der Waals surface area contributed by atoms with E-state index >= 15 is 0 Å². The molecule has 0 bridgehead atoms. The lowest BCUT2D eigenvalue weighted by molar-refractivity contribution is 0.0530. The van der Waals surface area contributed by atoms with Gasteiger partial charge in [0.2, 0.25) is 0 Å². The molecular formula is C12H17NO2S. The minimum absolute atomic E-state index is 0.156. The Hall–Kier alpha value is -0.870. The number of carbonyl (C=O) groups is 1. The first kappa shape index (κ1) is 11.6. The van der Waals surface area contributed by atoms with E-state index in [2.05, 4.69) is 10.7 Å². The fraction of sp³-hybridized carbons (Fsp3) is 0.583. The maximum atomic E-state index is 11.7. The summed E-state index contributed by atoms with van der Waals surface area (Å²) in [6.07, 6.45) is 3.12. The Morgan fingerprint density at radius 1 is 1.69 bits per heavy atom. The number of likely N-dealkylation sites (N-methyl/N-ethyl adjacent to an activating group) is 1. The first-order chi connectivity index (χ1) is 7.76. The van der Waals surface area contributed by atoms with E-state index in [1.165, 1.54) is 22.5 Å². The van der Waals surface area contributed by atoms with E-state index in [0.717, 1.165) is 24.1 Å². The van der Waals surface area contributed by atoms with Crippen molar-refractivity contribution in [2.45, 2.75) is 32.2 Å². The molecule has 0 fully saturated rings. The third-order valence-electron chi connectivity index (χ3n) is 3.06. The van der Waals surface area contributed by atoms with E-state index in [9.17, 15) is 4.79 Å². The van der Waals surface area contributed by atoms with Crippen LogP contribution in [0.15, 0.2) is 5.38 Å². The molecule has 1 aromatic rings. The highest BCUT2D eigenvalue weighted by atomic mass is 32.1. The second-order valence-electron chi connectivity index (χ2n) is 4.02. The molecule has 4 heteroatoms. The maximum absolute atomic E-state index is 11.7. The van der Waals surface area contributed by atoms with Crippen molar-refractivity contribution >= 4 is 17.3 Å². The van der Waals surface area contributed by atoms with Gasteiger partial charge >= 0.3 is 5.97 Å². The van der Waals surface area contributed by atoms with Crippen LogP contribution in [0.3, 0.4) is 0 Å². The van der Waals surface area contributed by atoms with Gasteiger partial charge in [0.1, 0.15) is 4.88 Å². The second kappa shape index (κ2) is 4.97. The van der Waals surface area contributed by atoms with Crippen molar-refractivity contribution < 1.29 is 9.53 Å². The molecule has 1 aliphatic rings. The van der Waals surface area contributed by atoms with Gasteiger partial charge in [0, 0.05) is 6.04 Å². The number of carbonyl (C=O) groups excluding carboxylic acids is 1. The lowest BCUT2D eigenvalue weighted by atomic mass is 9.90. The van der Waals surface area contributed by atoms with Crippen LogP contribution >= 0.6 is 11.3 Å². The molecule has 88 valence electrons. The average Bonchev–Trinajstić information content (AvgIpc) is 2.71. The zero-order chi connectivity index (χ0) is 11.5. The van der Waals surface area contributed by atoms with E-state index in [-0.39, 0.29) is 5.97 Å². The van der Waals surface area contributed by atoms with Crippen molar-refractivity contribution in [2.75, 3.05) is 13.7 Å². The number of thiophene rings is 1. The zero-order valence-corrected chi connectivity index (χ0v) is 10.5. The monoisotopic (exact) mass is 239 g/mol. The molecule has 0 spiro atoms. The molecule has 2 rings (SSSR count). The lowest BCUT2D eigenvalue weighted by Gasteiger charge is -2.22. The summed E-state index contributed by atoms with van der Waals surface area (Å²) < 4.78 is 5.06. The molecule has 1 aliphatic carbocycles. The van der Waals surface area contributed by atoms with Crippen molar-refractivity contribution in [3.63, 3.8) is 0 Å². The van der Waals surface area contributed by atoms with Crippen molar-refractivity contribution in [3.8, 4) is 0 Å². The van der Waals surface area contributed by atoms with Gasteiger partial charge in [0.05, 0.1) is 6.61 Å². The minimum Gasteiger partial charge on any atom is -0.462 e. The fourth-order valence-corrected chi connectivity index (χ4v) is 3.19. The van der Waals surface area contributed by atoms with E-state index in [0.29, 0.717) is 12.6 Å². The summed E-state index contributed by atoms with van der Waals surface area (Å²) in [5.41, 5.74) is 2.54. The van der Waals surface area contributed by atoms with Crippen LogP contribution in [0.1, 0.15) is 34.1 Å². The first-order valence-corrected chi connectivity index (χ1v) is 6.57. The van der Waals surface area contributed by atoms with E-state index in [1.807, 2.05) is 14.0 Å². The number of esters is 1. The highest BCUT2D eigenvalue weighted by molar-refractivity contribution is 7.12. The summed E-state index contributed by atoms with van der Waals surface area (Å²) in [6.45, 7) is 2.29. The summed E-state index contributed by atoms with van der Waals surface area (Å²) in [5.74, 6) is -0.156. The molecule has 0 saturated carbocycles. The van der Waals surface area contributed by atoms with Crippen molar-refractivity contribution in [1.82, 2.24) is 5.32 Å². The van der Waals surface area contributed by atoms with Gasteiger partial charge in [-0.3, -0.25) is 0 Å². The lowest BCUT2D eigenvalue weighted by Crippen LogP contribution is -2.31. The van der Waals surface area contributed by atoms with Crippen LogP contribution in [0.2, 0.25) is 0 Å². The van der Waals surface area contributed by atoms with Crippen LogP contribution < -0.4 is 5.32 Å². The van der Waals surface area contributed by atoms with Crippen LogP contribution in [0.4, 0.5) is 0 Å².